The molecule has 0 saturated carbocycles. The second kappa shape index (κ2) is 7.19. The molecule has 0 spiro atoms. The van der Waals surface area contributed by atoms with Crippen molar-refractivity contribution >= 4 is 17.3 Å². The number of carbonyl (C=O) groups excluding carboxylic acids is 1. The first-order valence-electron chi connectivity index (χ1n) is 6.86. The summed E-state index contributed by atoms with van der Waals surface area (Å²) >= 11 is 1.69. The third-order valence-corrected chi connectivity index (χ3v) is 3.72. The SMILES string of the molecule is CCCc1c(C(=O)OCC)nnn1CCc1ccsc1. The predicted octanol–water partition coefficient (Wildman–Crippen LogP) is 2.71. The van der Waals surface area contributed by atoms with Crippen molar-refractivity contribution in [1.29, 1.82) is 0 Å². The Balaban J connectivity index is 2.13. The standard InChI is InChI=1S/C14H19N3O2S/c1-3-5-12-13(14(18)19-4-2)15-16-17(12)8-6-11-7-9-20-10-11/h7,9-10H,3-6,8H2,1-2H3. The van der Waals surface area contributed by atoms with Gasteiger partial charge in [-0.3, -0.25) is 0 Å². The van der Waals surface area contributed by atoms with E-state index in [-0.39, 0.29) is 5.97 Å². The van der Waals surface area contributed by atoms with Crippen LogP contribution in [0.5, 0.6) is 0 Å². The van der Waals surface area contributed by atoms with Gasteiger partial charge >= 0.3 is 5.97 Å². The quantitative estimate of drug-likeness (QED) is 0.737. The van der Waals surface area contributed by atoms with Crippen molar-refractivity contribution in [3.05, 3.63) is 33.8 Å². The minimum absolute atomic E-state index is 0.353. The van der Waals surface area contributed by atoms with E-state index in [9.17, 15) is 4.79 Å². The van der Waals surface area contributed by atoms with E-state index in [0.717, 1.165) is 31.5 Å². The number of aryl methyl sites for hydroxylation is 2. The molecule has 0 aliphatic rings. The van der Waals surface area contributed by atoms with Gasteiger partial charge in [0.15, 0.2) is 5.69 Å². The van der Waals surface area contributed by atoms with E-state index >= 15 is 0 Å². The lowest BCUT2D eigenvalue weighted by Crippen LogP contribution is -2.12. The highest BCUT2D eigenvalue weighted by atomic mass is 32.1. The van der Waals surface area contributed by atoms with Crippen molar-refractivity contribution in [2.24, 2.45) is 0 Å². The number of ether oxygens (including phenoxy) is 1. The van der Waals surface area contributed by atoms with Gasteiger partial charge in [0.25, 0.3) is 0 Å². The van der Waals surface area contributed by atoms with E-state index in [1.165, 1.54) is 5.56 Å². The lowest BCUT2D eigenvalue weighted by molar-refractivity contribution is 0.0518. The van der Waals surface area contributed by atoms with E-state index in [1.807, 2.05) is 4.68 Å². The summed E-state index contributed by atoms with van der Waals surface area (Å²) < 4.78 is 6.85. The molecule has 0 aromatic carbocycles. The molecule has 0 bridgehead atoms. The van der Waals surface area contributed by atoms with Crippen LogP contribution in [0.2, 0.25) is 0 Å². The molecular formula is C14H19N3O2S. The molecule has 0 atom stereocenters. The molecular weight excluding hydrogens is 274 g/mol. The number of hydrogen-bond acceptors (Lipinski definition) is 5. The van der Waals surface area contributed by atoms with Crippen LogP contribution in [0, 0.1) is 0 Å². The molecule has 0 saturated heterocycles. The van der Waals surface area contributed by atoms with Gasteiger partial charge in [0.1, 0.15) is 0 Å². The second-order valence-electron chi connectivity index (χ2n) is 4.46. The summed E-state index contributed by atoms with van der Waals surface area (Å²) in [6.45, 7) is 4.95. The van der Waals surface area contributed by atoms with Gasteiger partial charge in [0.05, 0.1) is 12.3 Å². The summed E-state index contributed by atoms with van der Waals surface area (Å²) in [7, 11) is 0. The number of thiophene rings is 1. The normalized spacial score (nSPS) is 10.7. The highest BCUT2D eigenvalue weighted by Gasteiger charge is 2.19. The van der Waals surface area contributed by atoms with Crippen LogP contribution < -0.4 is 0 Å². The number of rotatable bonds is 7. The number of nitrogens with zero attached hydrogens (tertiary/aromatic N) is 3. The highest BCUT2D eigenvalue weighted by molar-refractivity contribution is 7.07. The fraction of sp³-hybridized carbons (Fsp3) is 0.500. The van der Waals surface area contributed by atoms with Crippen LogP contribution in [0.3, 0.4) is 0 Å². The zero-order chi connectivity index (χ0) is 14.4. The average Bonchev–Trinajstić information content (AvgIpc) is 3.06. The van der Waals surface area contributed by atoms with Crippen molar-refractivity contribution in [3.63, 3.8) is 0 Å². The fourth-order valence-electron chi connectivity index (χ4n) is 2.02. The van der Waals surface area contributed by atoms with Crippen molar-refractivity contribution in [1.82, 2.24) is 15.0 Å². The van der Waals surface area contributed by atoms with Crippen LogP contribution in [0.1, 0.15) is 42.0 Å². The average molecular weight is 293 g/mol. The lowest BCUT2D eigenvalue weighted by Gasteiger charge is -2.06. The Labute approximate surface area is 122 Å². The van der Waals surface area contributed by atoms with Crippen LogP contribution in [-0.4, -0.2) is 27.6 Å². The van der Waals surface area contributed by atoms with Crippen molar-refractivity contribution in [2.75, 3.05) is 6.61 Å². The maximum absolute atomic E-state index is 11.9. The van der Waals surface area contributed by atoms with E-state index in [4.69, 9.17) is 4.74 Å². The Hall–Kier alpha value is -1.69. The first-order valence-corrected chi connectivity index (χ1v) is 7.81. The lowest BCUT2D eigenvalue weighted by atomic mass is 10.2. The fourth-order valence-corrected chi connectivity index (χ4v) is 2.73. The molecule has 2 aromatic heterocycles. The second-order valence-corrected chi connectivity index (χ2v) is 5.24. The molecule has 0 amide bonds. The number of hydrogen-bond donors (Lipinski definition) is 0. The predicted molar refractivity (Wildman–Crippen MR) is 78.0 cm³/mol. The molecule has 0 unspecified atom stereocenters. The Morgan fingerprint density at radius 2 is 2.25 bits per heavy atom. The molecule has 0 radical (unpaired) electrons. The molecule has 108 valence electrons. The van der Waals surface area contributed by atoms with Crippen LogP contribution in [0.4, 0.5) is 0 Å². The molecule has 5 nitrogen and oxygen atoms in total. The zero-order valence-electron chi connectivity index (χ0n) is 11.8. The highest BCUT2D eigenvalue weighted by Crippen LogP contribution is 2.13. The first-order chi connectivity index (χ1) is 9.76. The molecule has 2 heterocycles. The molecule has 6 heteroatoms. The number of aromatic nitrogens is 3. The van der Waals surface area contributed by atoms with E-state index in [2.05, 4.69) is 34.1 Å². The summed E-state index contributed by atoms with van der Waals surface area (Å²) in [6, 6.07) is 2.10. The van der Waals surface area contributed by atoms with Gasteiger partial charge < -0.3 is 4.74 Å². The molecule has 2 rings (SSSR count). The number of carbonyl (C=O) groups is 1. The largest absolute Gasteiger partial charge is 0.461 e. The summed E-state index contributed by atoms with van der Waals surface area (Å²) in [5.74, 6) is -0.377. The van der Waals surface area contributed by atoms with Gasteiger partial charge in [-0.15, -0.1) is 5.10 Å². The van der Waals surface area contributed by atoms with Crippen molar-refractivity contribution < 1.29 is 9.53 Å². The number of esters is 1. The van der Waals surface area contributed by atoms with Gasteiger partial charge in [-0.05, 0) is 42.2 Å². The van der Waals surface area contributed by atoms with Gasteiger partial charge in [0.2, 0.25) is 0 Å². The van der Waals surface area contributed by atoms with E-state index in [0.29, 0.717) is 12.3 Å². The van der Waals surface area contributed by atoms with Crippen molar-refractivity contribution in [3.8, 4) is 0 Å². The monoisotopic (exact) mass is 293 g/mol. The van der Waals surface area contributed by atoms with Crippen LogP contribution >= 0.6 is 11.3 Å². The Morgan fingerprint density at radius 3 is 2.90 bits per heavy atom. The van der Waals surface area contributed by atoms with Gasteiger partial charge in [-0.2, -0.15) is 11.3 Å². The molecule has 0 aliphatic carbocycles. The molecule has 0 aliphatic heterocycles. The van der Waals surface area contributed by atoms with E-state index < -0.39 is 0 Å². The third-order valence-electron chi connectivity index (χ3n) is 2.99. The maximum atomic E-state index is 11.9. The minimum atomic E-state index is -0.377. The molecule has 20 heavy (non-hydrogen) atoms. The van der Waals surface area contributed by atoms with Gasteiger partial charge in [-0.1, -0.05) is 18.6 Å². The van der Waals surface area contributed by atoms with Crippen LogP contribution in [0.25, 0.3) is 0 Å². The Morgan fingerprint density at radius 1 is 1.40 bits per heavy atom. The topological polar surface area (TPSA) is 57.0 Å². The molecule has 2 aromatic rings. The molecule has 0 fully saturated rings. The summed E-state index contributed by atoms with van der Waals surface area (Å²) in [4.78, 5) is 11.9. The summed E-state index contributed by atoms with van der Waals surface area (Å²) in [6.07, 6.45) is 2.62. The first kappa shape index (κ1) is 14.7. The summed E-state index contributed by atoms with van der Waals surface area (Å²) in [5.41, 5.74) is 2.52. The smallest absolute Gasteiger partial charge is 0.360 e. The van der Waals surface area contributed by atoms with E-state index in [1.54, 1.807) is 18.3 Å². The van der Waals surface area contributed by atoms with Gasteiger partial charge in [-0.25, -0.2) is 9.48 Å². The summed E-state index contributed by atoms with van der Waals surface area (Å²) in [5, 5.41) is 12.3. The third kappa shape index (κ3) is 3.45. The van der Waals surface area contributed by atoms with Crippen molar-refractivity contribution in [2.45, 2.75) is 39.7 Å². The van der Waals surface area contributed by atoms with Crippen LogP contribution in [0.15, 0.2) is 16.8 Å². The minimum Gasteiger partial charge on any atom is -0.461 e. The van der Waals surface area contributed by atoms with Gasteiger partial charge in [0, 0.05) is 6.54 Å². The zero-order valence-corrected chi connectivity index (χ0v) is 12.7. The Bertz CT molecular complexity index is 549. The Kier molecular flexibility index (Phi) is 5.29. The molecule has 0 N–H and O–H groups in total. The van der Waals surface area contributed by atoms with Crippen LogP contribution in [-0.2, 0) is 24.1 Å². The maximum Gasteiger partial charge on any atom is 0.360 e.